The van der Waals surface area contributed by atoms with Gasteiger partial charge in [0.25, 0.3) is 0 Å². The van der Waals surface area contributed by atoms with Crippen LogP contribution in [0.2, 0.25) is 0 Å². The molecular weight excluding hydrogens is 318 g/mol. The zero-order chi connectivity index (χ0) is 14.0. The van der Waals surface area contributed by atoms with E-state index in [0.717, 1.165) is 4.47 Å². The molecule has 0 saturated carbocycles. The predicted octanol–water partition coefficient (Wildman–Crippen LogP) is 2.82. The number of methoxy groups -OCH3 is 2. The molecule has 7 heteroatoms. The summed E-state index contributed by atoms with van der Waals surface area (Å²) in [4.78, 5) is 10.8. The number of nitrogens with zero attached hydrogens (tertiary/aromatic N) is 1. The molecule has 1 aromatic heterocycles. The molecule has 0 unspecified atom stereocenters. The molecule has 0 atom stereocenters. The Morgan fingerprint density at radius 1 is 1.32 bits per heavy atom. The van der Waals surface area contributed by atoms with E-state index in [1.54, 1.807) is 12.1 Å². The van der Waals surface area contributed by atoms with E-state index in [2.05, 4.69) is 21.1 Å². The van der Waals surface area contributed by atoms with Gasteiger partial charge in [-0.05, 0) is 12.1 Å². The minimum atomic E-state index is -1.18. The second kappa shape index (κ2) is 5.31. The van der Waals surface area contributed by atoms with Gasteiger partial charge < -0.3 is 19.1 Å². The Morgan fingerprint density at radius 3 is 2.58 bits per heavy atom. The van der Waals surface area contributed by atoms with Crippen LogP contribution in [0.25, 0.3) is 11.3 Å². The van der Waals surface area contributed by atoms with E-state index >= 15 is 0 Å². The van der Waals surface area contributed by atoms with Crippen LogP contribution in [0, 0.1) is 0 Å². The molecule has 2 rings (SSSR count). The first kappa shape index (κ1) is 13.4. The molecule has 0 fully saturated rings. The van der Waals surface area contributed by atoms with Gasteiger partial charge in [0.1, 0.15) is 5.69 Å². The molecule has 0 spiro atoms. The van der Waals surface area contributed by atoms with Crippen molar-refractivity contribution in [2.45, 2.75) is 0 Å². The second-order valence-corrected chi connectivity index (χ2v) is 4.49. The largest absolute Gasteiger partial charge is 0.493 e. The fourth-order valence-corrected chi connectivity index (χ4v) is 2.06. The van der Waals surface area contributed by atoms with Crippen molar-refractivity contribution in [3.8, 4) is 22.8 Å². The van der Waals surface area contributed by atoms with Gasteiger partial charge >= 0.3 is 5.97 Å². The van der Waals surface area contributed by atoms with E-state index in [9.17, 15) is 4.79 Å². The van der Waals surface area contributed by atoms with Crippen molar-refractivity contribution in [3.05, 3.63) is 28.4 Å². The van der Waals surface area contributed by atoms with E-state index < -0.39 is 5.97 Å². The summed E-state index contributed by atoms with van der Waals surface area (Å²) in [5.41, 5.74) is 0.929. The first-order valence-corrected chi connectivity index (χ1v) is 5.98. The van der Waals surface area contributed by atoms with Gasteiger partial charge in [-0.15, -0.1) is 0 Å². The monoisotopic (exact) mass is 327 g/mol. The molecule has 0 amide bonds. The molecule has 0 aliphatic carbocycles. The number of ether oxygens (including phenoxy) is 2. The number of rotatable bonds is 4. The van der Waals surface area contributed by atoms with Crippen molar-refractivity contribution < 1.29 is 23.9 Å². The van der Waals surface area contributed by atoms with E-state index in [1.807, 2.05) is 0 Å². The van der Waals surface area contributed by atoms with Crippen molar-refractivity contribution in [1.29, 1.82) is 0 Å². The van der Waals surface area contributed by atoms with Gasteiger partial charge in [-0.1, -0.05) is 21.1 Å². The highest BCUT2D eigenvalue weighted by Gasteiger charge is 2.19. The number of hydrogen-bond acceptors (Lipinski definition) is 5. The summed E-state index contributed by atoms with van der Waals surface area (Å²) >= 11 is 3.34. The zero-order valence-electron chi connectivity index (χ0n) is 10.1. The summed E-state index contributed by atoms with van der Waals surface area (Å²) in [7, 11) is 3.01. The fourth-order valence-electron chi connectivity index (χ4n) is 1.62. The maximum atomic E-state index is 10.8. The molecular formula is C12H10BrNO5. The number of carboxylic acid groups (broad SMARTS) is 1. The highest BCUT2D eigenvalue weighted by Crippen LogP contribution is 2.40. The molecule has 0 aliphatic heterocycles. The Bertz CT molecular complexity index is 623. The molecule has 1 N–H and O–H groups in total. The highest BCUT2D eigenvalue weighted by molar-refractivity contribution is 9.10. The molecule has 0 saturated heterocycles. The maximum Gasteiger partial charge on any atom is 0.374 e. The summed E-state index contributed by atoms with van der Waals surface area (Å²) < 4.78 is 16.0. The summed E-state index contributed by atoms with van der Waals surface area (Å²) in [6.45, 7) is 0. The molecule has 19 heavy (non-hydrogen) atoms. The van der Waals surface area contributed by atoms with Gasteiger partial charge in [0.15, 0.2) is 11.5 Å². The van der Waals surface area contributed by atoms with Crippen LogP contribution in [0.5, 0.6) is 11.5 Å². The van der Waals surface area contributed by atoms with E-state index in [-0.39, 0.29) is 5.76 Å². The Balaban J connectivity index is 2.59. The van der Waals surface area contributed by atoms with E-state index in [0.29, 0.717) is 22.8 Å². The third kappa shape index (κ3) is 2.55. The minimum Gasteiger partial charge on any atom is -0.493 e. The lowest BCUT2D eigenvalue weighted by atomic mass is 10.1. The van der Waals surface area contributed by atoms with Crippen molar-refractivity contribution in [2.24, 2.45) is 0 Å². The molecule has 100 valence electrons. The van der Waals surface area contributed by atoms with Gasteiger partial charge in [0.05, 0.1) is 19.8 Å². The standard InChI is InChI=1S/C12H10BrNO5/c1-17-9-4-6(13)3-7(11(9)18-2)8-5-10(12(15)16)19-14-8/h3-5H,1-2H3,(H,15,16). The highest BCUT2D eigenvalue weighted by atomic mass is 79.9. The third-order valence-electron chi connectivity index (χ3n) is 2.44. The van der Waals surface area contributed by atoms with Gasteiger partial charge in [-0.25, -0.2) is 4.79 Å². The lowest BCUT2D eigenvalue weighted by molar-refractivity contribution is 0.0652. The van der Waals surface area contributed by atoms with Crippen LogP contribution >= 0.6 is 15.9 Å². The normalized spacial score (nSPS) is 10.3. The number of carboxylic acids is 1. The zero-order valence-corrected chi connectivity index (χ0v) is 11.7. The van der Waals surface area contributed by atoms with Crippen LogP contribution in [-0.2, 0) is 0 Å². The molecule has 6 nitrogen and oxygen atoms in total. The summed E-state index contributed by atoms with van der Waals surface area (Å²) in [6.07, 6.45) is 0. The maximum absolute atomic E-state index is 10.8. The Hall–Kier alpha value is -2.02. The number of halogens is 1. The van der Waals surface area contributed by atoms with Crippen LogP contribution in [0.15, 0.2) is 27.2 Å². The van der Waals surface area contributed by atoms with Crippen molar-refractivity contribution >= 4 is 21.9 Å². The lowest BCUT2D eigenvalue weighted by Crippen LogP contribution is -1.94. The van der Waals surface area contributed by atoms with E-state index in [1.165, 1.54) is 20.3 Å². The molecule has 2 aromatic rings. The quantitative estimate of drug-likeness (QED) is 0.929. The molecule has 0 radical (unpaired) electrons. The topological polar surface area (TPSA) is 81.8 Å². The predicted molar refractivity (Wildman–Crippen MR) is 69.7 cm³/mol. The number of benzene rings is 1. The average molecular weight is 328 g/mol. The average Bonchev–Trinajstić information content (AvgIpc) is 2.87. The fraction of sp³-hybridized carbons (Fsp3) is 0.167. The first-order valence-electron chi connectivity index (χ1n) is 5.18. The Morgan fingerprint density at radius 2 is 2.05 bits per heavy atom. The second-order valence-electron chi connectivity index (χ2n) is 3.57. The summed E-state index contributed by atoms with van der Waals surface area (Å²) in [5, 5.41) is 12.5. The molecule has 0 aliphatic rings. The van der Waals surface area contributed by atoms with Crippen LogP contribution in [0.4, 0.5) is 0 Å². The summed E-state index contributed by atoms with van der Waals surface area (Å²) in [6, 6.07) is 4.80. The number of hydrogen-bond donors (Lipinski definition) is 1. The Labute approximate surface area is 117 Å². The third-order valence-corrected chi connectivity index (χ3v) is 2.90. The van der Waals surface area contributed by atoms with Crippen molar-refractivity contribution in [1.82, 2.24) is 5.16 Å². The minimum absolute atomic E-state index is 0.240. The smallest absolute Gasteiger partial charge is 0.374 e. The number of carbonyl (C=O) groups is 1. The van der Waals surface area contributed by atoms with Crippen molar-refractivity contribution in [3.63, 3.8) is 0 Å². The lowest BCUT2D eigenvalue weighted by Gasteiger charge is -2.11. The molecule has 1 aromatic carbocycles. The van der Waals surface area contributed by atoms with Crippen LogP contribution in [-0.4, -0.2) is 30.5 Å². The van der Waals surface area contributed by atoms with Gasteiger partial charge in [0.2, 0.25) is 5.76 Å². The molecule has 0 bridgehead atoms. The number of aromatic nitrogens is 1. The van der Waals surface area contributed by atoms with Gasteiger partial charge in [-0.2, -0.15) is 0 Å². The van der Waals surface area contributed by atoms with Crippen LogP contribution < -0.4 is 9.47 Å². The first-order chi connectivity index (χ1) is 9.06. The molecule has 1 heterocycles. The van der Waals surface area contributed by atoms with E-state index in [4.69, 9.17) is 19.1 Å². The number of aromatic carboxylic acids is 1. The SMILES string of the molecule is COc1cc(Br)cc(-c2cc(C(=O)O)on2)c1OC. The van der Waals surface area contributed by atoms with Crippen LogP contribution in [0.3, 0.4) is 0 Å². The van der Waals surface area contributed by atoms with Gasteiger partial charge in [-0.3, -0.25) is 0 Å². The van der Waals surface area contributed by atoms with Crippen molar-refractivity contribution in [2.75, 3.05) is 14.2 Å². The van der Waals surface area contributed by atoms with Gasteiger partial charge in [0, 0.05) is 10.5 Å². The van der Waals surface area contributed by atoms with Crippen LogP contribution in [0.1, 0.15) is 10.6 Å². The Kier molecular flexibility index (Phi) is 3.75. The summed E-state index contributed by atoms with van der Waals surface area (Å²) in [5.74, 6) is -0.460.